The van der Waals surface area contributed by atoms with Crippen LogP contribution in [0.5, 0.6) is 0 Å². The Morgan fingerprint density at radius 1 is 1.35 bits per heavy atom. The fourth-order valence-electron chi connectivity index (χ4n) is 1.69. The third-order valence-electron chi connectivity index (χ3n) is 2.67. The number of hydrogen-bond donors (Lipinski definition) is 2. The molecule has 0 radical (unpaired) electrons. The summed E-state index contributed by atoms with van der Waals surface area (Å²) >= 11 is 0.922. The van der Waals surface area contributed by atoms with Crippen molar-refractivity contribution in [3.05, 3.63) is 28.2 Å². The number of hydrogen-bond acceptors (Lipinski definition) is 4. The van der Waals surface area contributed by atoms with Crippen LogP contribution in [0.4, 0.5) is 14.5 Å². The molecule has 0 aliphatic rings. The predicted octanol–water partition coefficient (Wildman–Crippen LogP) is 3.33. The van der Waals surface area contributed by atoms with Crippen molar-refractivity contribution in [2.75, 3.05) is 4.72 Å². The van der Waals surface area contributed by atoms with Crippen molar-refractivity contribution in [3.63, 3.8) is 0 Å². The Hall–Kier alpha value is -1.48. The Kier molecular flexibility index (Phi) is 4.09. The quantitative estimate of drug-likeness (QED) is 0.887. The molecule has 0 aliphatic carbocycles. The SMILES string of the molecule is CC(C)c1[nH]ncc1NS(=O)(=O)c1cscc1C(F)F. The first-order valence-electron chi connectivity index (χ1n) is 5.73. The van der Waals surface area contributed by atoms with E-state index >= 15 is 0 Å². The van der Waals surface area contributed by atoms with Crippen molar-refractivity contribution >= 4 is 27.0 Å². The van der Waals surface area contributed by atoms with Crippen LogP contribution in [0.1, 0.15) is 37.4 Å². The number of nitrogens with zero attached hydrogens (tertiary/aromatic N) is 1. The van der Waals surface area contributed by atoms with Gasteiger partial charge in [0, 0.05) is 16.3 Å². The van der Waals surface area contributed by atoms with E-state index in [0.717, 1.165) is 16.7 Å². The lowest BCUT2D eigenvalue weighted by molar-refractivity contribution is 0.148. The molecule has 2 rings (SSSR count). The van der Waals surface area contributed by atoms with Crippen LogP contribution < -0.4 is 4.72 Å². The summed E-state index contributed by atoms with van der Waals surface area (Å²) in [4.78, 5) is -0.395. The van der Waals surface area contributed by atoms with Crippen LogP contribution in [0, 0.1) is 0 Å². The van der Waals surface area contributed by atoms with Crippen molar-refractivity contribution in [1.82, 2.24) is 10.2 Å². The molecule has 110 valence electrons. The van der Waals surface area contributed by atoms with Gasteiger partial charge in [0.15, 0.2) is 0 Å². The fraction of sp³-hybridized carbons (Fsp3) is 0.364. The van der Waals surface area contributed by atoms with Crippen molar-refractivity contribution in [2.45, 2.75) is 31.1 Å². The van der Waals surface area contributed by atoms with E-state index in [1.54, 1.807) is 0 Å². The summed E-state index contributed by atoms with van der Waals surface area (Å²) in [5.74, 6) is 0.0206. The van der Waals surface area contributed by atoms with Gasteiger partial charge in [-0.15, -0.1) is 0 Å². The summed E-state index contributed by atoms with van der Waals surface area (Å²) in [7, 11) is -4.05. The number of anilines is 1. The van der Waals surface area contributed by atoms with E-state index in [-0.39, 0.29) is 11.6 Å². The van der Waals surface area contributed by atoms with Crippen molar-refractivity contribution in [3.8, 4) is 0 Å². The molecule has 9 heteroatoms. The zero-order valence-corrected chi connectivity index (χ0v) is 12.4. The predicted molar refractivity (Wildman–Crippen MR) is 72.8 cm³/mol. The van der Waals surface area contributed by atoms with E-state index in [2.05, 4.69) is 14.9 Å². The smallest absolute Gasteiger partial charge is 0.265 e. The number of nitrogens with one attached hydrogen (secondary N) is 2. The van der Waals surface area contributed by atoms with Crippen molar-refractivity contribution in [2.24, 2.45) is 0 Å². The number of H-pyrrole nitrogens is 1. The summed E-state index contributed by atoms with van der Waals surface area (Å²) in [6, 6.07) is 0. The molecule has 0 spiro atoms. The molecule has 0 aromatic carbocycles. The average molecular weight is 321 g/mol. The summed E-state index contributed by atoms with van der Waals surface area (Å²) < 4.78 is 52.2. The molecule has 0 unspecified atom stereocenters. The van der Waals surface area contributed by atoms with Gasteiger partial charge in [-0.1, -0.05) is 13.8 Å². The normalized spacial score (nSPS) is 12.3. The van der Waals surface area contributed by atoms with Crippen LogP contribution in [-0.2, 0) is 10.0 Å². The summed E-state index contributed by atoms with van der Waals surface area (Å²) in [5.41, 5.74) is 0.380. The number of aromatic nitrogens is 2. The third-order valence-corrected chi connectivity index (χ3v) is 5.00. The fourth-order valence-corrected chi connectivity index (χ4v) is 4.16. The minimum atomic E-state index is -4.05. The highest BCUT2D eigenvalue weighted by Crippen LogP contribution is 2.32. The molecule has 0 saturated heterocycles. The lowest BCUT2D eigenvalue weighted by Crippen LogP contribution is -2.15. The van der Waals surface area contributed by atoms with Gasteiger partial charge in [-0.3, -0.25) is 9.82 Å². The van der Waals surface area contributed by atoms with Gasteiger partial charge in [0.25, 0.3) is 16.4 Å². The van der Waals surface area contributed by atoms with Crippen LogP contribution in [0.3, 0.4) is 0 Å². The lowest BCUT2D eigenvalue weighted by atomic mass is 10.1. The molecule has 2 N–H and O–H groups in total. The van der Waals surface area contributed by atoms with Crippen molar-refractivity contribution < 1.29 is 17.2 Å². The molecule has 0 saturated carbocycles. The summed E-state index contributed by atoms with van der Waals surface area (Å²) in [5, 5.41) is 8.79. The maximum absolute atomic E-state index is 12.8. The molecule has 2 aromatic rings. The third kappa shape index (κ3) is 2.83. The van der Waals surface area contributed by atoms with Crippen LogP contribution in [-0.4, -0.2) is 18.6 Å². The number of aromatic amines is 1. The largest absolute Gasteiger partial charge is 0.280 e. The Morgan fingerprint density at radius 3 is 2.65 bits per heavy atom. The Balaban J connectivity index is 2.36. The first-order valence-corrected chi connectivity index (χ1v) is 8.16. The number of alkyl halides is 2. The number of halogens is 2. The molecular formula is C11H13F2N3O2S2. The zero-order chi connectivity index (χ0) is 14.9. The van der Waals surface area contributed by atoms with E-state index in [4.69, 9.17) is 0 Å². The van der Waals surface area contributed by atoms with Gasteiger partial charge >= 0.3 is 0 Å². The van der Waals surface area contributed by atoms with E-state index in [1.807, 2.05) is 13.8 Å². The number of sulfonamides is 1. The minimum absolute atomic E-state index is 0.0206. The van der Waals surface area contributed by atoms with Gasteiger partial charge in [-0.05, 0) is 5.92 Å². The van der Waals surface area contributed by atoms with E-state index in [1.165, 1.54) is 11.6 Å². The molecule has 0 aliphatic heterocycles. The molecular weight excluding hydrogens is 308 g/mol. The molecule has 0 bridgehead atoms. The monoisotopic (exact) mass is 321 g/mol. The first kappa shape index (κ1) is 14.9. The van der Waals surface area contributed by atoms with Gasteiger partial charge in [-0.2, -0.15) is 16.4 Å². The molecule has 2 heterocycles. The summed E-state index contributed by atoms with van der Waals surface area (Å²) in [6.07, 6.45) is -1.51. The molecule has 0 fully saturated rings. The highest BCUT2D eigenvalue weighted by Gasteiger charge is 2.26. The zero-order valence-electron chi connectivity index (χ0n) is 10.7. The first-order chi connectivity index (χ1) is 9.33. The van der Waals surface area contributed by atoms with Gasteiger partial charge in [0.2, 0.25) is 0 Å². The summed E-state index contributed by atoms with van der Waals surface area (Å²) in [6.45, 7) is 3.72. The Morgan fingerprint density at radius 2 is 2.05 bits per heavy atom. The van der Waals surface area contributed by atoms with E-state index < -0.39 is 26.9 Å². The molecule has 0 atom stereocenters. The standard InChI is InChI=1S/C11H13F2N3O2S2/c1-6(2)10-8(3-14-15-10)16-20(17,18)9-5-19-4-7(9)11(12)13/h3-6,11,16H,1-2H3,(H,14,15). The second kappa shape index (κ2) is 5.49. The molecule has 5 nitrogen and oxygen atoms in total. The van der Waals surface area contributed by atoms with E-state index in [0.29, 0.717) is 5.69 Å². The number of rotatable bonds is 5. The molecule has 20 heavy (non-hydrogen) atoms. The van der Waals surface area contributed by atoms with Gasteiger partial charge in [0.1, 0.15) is 4.90 Å². The highest BCUT2D eigenvalue weighted by atomic mass is 32.2. The van der Waals surface area contributed by atoms with Gasteiger partial charge < -0.3 is 0 Å². The minimum Gasteiger partial charge on any atom is -0.280 e. The highest BCUT2D eigenvalue weighted by molar-refractivity contribution is 7.93. The van der Waals surface area contributed by atoms with Gasteiger partial charge in [0.05, 0.1) is 17.6 Å². The van der Waals surface area contributed by atoms with Crippen LogP contribution in [0.15, 0.2) is 21.9 Å². The van der Waals surface area contributed by atoms with Crippen LogP contribution in [0.2, 0.25) is 0 Å². The lowest BCUT2D eigenvalue weighted by Gasteiger charge is -2.10. The molecule has 2 aromatic heterocycles. The second-order valence-corrected chi connectivity index (χ2v) is 6.84. The maximum atomic E-state index is 12.8. The average Bonchev–Trinajstić information content (AvgIpc) is 2.94. The van der Waals surface area contributed by atoms with Gasteiger partial charge in [-0.25, -0.2) is 17.2 Å². The van der Waals surface area contributed by atoms with E-state index in [9.17, 15) is 17.2 Å². The molecule has 0 amide bonds. The maximum Gasteiger partial charge on any atom is 0.265 e. The van der Waals surface area contributed by atoms with Crippen LogP contribution in [0.25, 0.3) is 0 Å². The second-order valence-electron chi connectivity index (χ2n) is 4.45. The topological polar surface area (TPSA) is 74.8 Å². The Labute approximate surface area is 119 Å². The van der Waals surface area contributed by atoms with Crippen molar-refractivity contribution in [1.29, 1.82) is 0 Å². The number of thiophene rings is 1. The van der Waals surface area contributed by atoms with Crippen LogP contribution >= 0.6 is 11.3 Å². The Bertz CT molecular complexity index is 692.